The van der Waals surface area contributed by atoms with Crippen LogP contribution in [0, 0.1) is 27.2 Å². The first-order valence-electron chi connectivity index (χ1n) is 4.35. The van der Waals surface area contributed by atoms with E-state index in [4.69, 9.17) is 23.2 Å². The molecule has 0 saturated carbocycles. The number of hydrogen-bond donors (Lipinski definition) is 0. The maximum Gasteiger partial charge on any atom is 0.351 e. The van der Waals surface area contributed by atoms with Crippen LogP contribution < -0.4 is 0 Å². The number of alkyl halides is 2. The Labute approximate surface area is 106 Å². The van der Waals surface area contributed by atoms with Crippen molar-refractivity contribution in [3.8, 4) is 0 Å². The van der Waals surface area contributed by atoms with Crippen LogP contribution in [0.3, 0.4) is 0 Å². The third kappa shape index (κ3) is 2.48. The molecule has 0 aliphatic rings. The van der Waals surface area contributed by atoms with Crippen LogP contribution >= 0.6 is 23.2 Å². The van der Waals surface area contributed by atoms with Crippen LogP contribution in [0.25, 0.3) is 0 Å². The molecule has 0 heterocycles. The third-order valence-electron chi connectivity index (χ3n) is 2.19. The van der Waals surface area contributed by atoms with Crippen molar-refractivity contribution in [1.29, 1.82) is 0 Å². The van der Waals surface area contributed by atoms with Gasteiger partial charge in [0.15, 0.2) is 0 Å². The third-order valence-corrected chi connectivity index (χ3v) is 2.75. The average molecular weight is 278 g/mol. The zero-order valence-electron chi connectivity index (χ0n) is 8.48. The van der Waals surface area contributed by atoms with Crippen molar-refractivity contribution in [3.05, 3.63) is 49.9 Å². The van der Waals surface area contributed by atoms with Crippen LogP contribution in [0.15, 0.2) is 6.07 Å². The summed E-state index contributed by atoms with van der Waals surface area (Å²) < 4.78 is 0. The molecule has 1 aromatic carbocycles. The zero-order valence-corrected chi connectivity index (χ0v) is 9.99. The molecule has 0 amide bonds. The van der Waals surface area contributed by atoms with Crippen molar-refractivity contribution in [2.45, 2.75) is 11.8 Å². The van der Waals surface area contributed by atoms with E-state index in [2.05, 4.69) is 6.92 Å². The summed E-state index contributed by atoms with van der Waals surface area (Å²) in [6, 6.07) is 1.34. The van der Waals surface area contributed by atoms with Crippen molar-refractivity contribution in [3.63, 3.8) is 0 Å². The van der Waals surface area contributed by atoms with E-state index in [1.165, 1.54) is 6.07 Å². The van der Waals surface area contributed by atoms with E-state index in [0.29, 0.717) is 5.56 Å². The molecule has 17 heavy (non-hydrogen) atoms. The highest BCUT2D eigenvalue weighted by atomic mass is 35.5. The van der Waals surface area contributed by atoms with E-state index in [-0.39, 0.29) is 22.9 Å². The number of halogens is 2. The molecule has 0 saturated heterocycles. The van der Waals surface area contributed by atoms with E-state index < -0.39 is 21.2 Å². The predicted octanol–water partition coefficient (Wildman–Crippen LogP) is 3.16. The molecule has 0 atom stereocenters. The first-order valence-corrected chi connectivity index (χ1v) is 5.42. The standard InChI is InChI=1S/C9H7Cl2N2O4/c1-5-2-6(3-10)7(4-11)9(13(16)17)8(5)12(14)15/h2H,1,3-4H2. The van der Waals surface area contributed by atoms with Crippen LogP contribution in [-0.2, 0) is 11.8 Å². The normalized spacial score (nSPS) is 10.3. The van der Waals surface area contributed by atoms with Gasteiger partial charge in [-0.3, -0.25) is 20.2 Å². The van der Waals surface area contributed by atoms with Gasteiger partial charge in [-0.15, -0.1) is 23.2 Å². The van der Waals surface area contributed by atoms with Crippen LogP contribution in [-0.4, -0.2) is 9.85 Å². The minimum atomic E-state index is -0.839. The van der Waals surface area contributed by atoms with Gasteiger partial charge >= 0.3 is 11.4 Å². The highest BCUT2D eigenvalue weighted by Crippen LogP contribution is 2.37. The summed E-state index contributed by atoms with van der Waals surface area (Å²) in [7, 11) is 0. The molecule has 1 aromatic rings. The summed E-state index contributed by atoms with van der Waals surface area (Å²) in [5.41, 5.74) is -0.881. The van der Waals surface area contributed by atoms with Crippen LogP contribution in [0.1, 0.15) is 16.7 Å². The van der Waals surface area contributed by atoms with Gasteiger partial charge in [0.05, 0.1) is 21.3 Å². The van der Waals surface area contributed by atoms with Crippen molar-refractivity contribution in [1.82, 2.24) is 0 Å². The number of nitro groups is 2. The summed E-state index contributed by atoms with van der Waals surface area (Å²) >= 11 is 11.2. The number of nitrogens with zero attached hydrogens (tertiary/aromatic N) is 2. The smallest absolute Gasteiger partial charge is 0.258 e. The minimum absolute atomic E-state index is 0.0244. The first-order chi connectivity index (χ1) is 7.93. The van der Waals surface area contributed by atoms with Crippen molar-refractivity contribution in [2.24, 2.45) is 0 Å². The highest BCUT2D eigenvalue weighted by molar-refractivity contribution is 6.19. The van der Waals surface area contributed by atoms with Crippen molar-refractivity contribution in [2.75, 3.05) is 0 Å². The van der Waals surface area contributed by atoms with Crippen LogP contribution in [0.4, 0.5) is 11.4 Å². The van der Waals surface area contributed by atoms with Gasteiger partial charge in [-0.25, -0.2) is 0 Å². The zero-order chi connectivity index (χ0) is 13.2. The average Bonchev–Trinajstić information content (AvgIpc) is 2.26. The maximum atomic E-state index is 10.9. The predicted molar refractivity (Wildman–Crippen MR) is 63.3 cm³/mol. The van der Waals surface area contributed by atoms with Crippen molar-refractivity contribution >= 4 is 34.6 Å². The Morgan fingerprint density at radius 1 is 1.12 bits per heavy atom. The molecule has 0 fully saturated rings. The Morgan fingerprint density at radius 3 is 2.00 bits per heavy atom. The van der Waals surface area contributed by atoms with Gasteiger partial charge in [-0.1, -0.05) is 0 Å². The molecule has 0 aliphatic carbocycles. The molecule has 0 unspecified atom stereocenters. The Balaban J connectivity index is 3.73. The Hall–Kier alpha value is -1.40. The minimum Gasteiger partial charge on any atom is -0.258 e. The second-order valence-electron chi connectivity index (χ2n) is 3.15. The van der Waals surface area contributed by atoms with Gasteiger partial charge in [-0.05, 0) is 18.6 Å². The molecule has 0 N–H and O–H groups in total. The summed E-state index contributed by atoms with van der Waals surface area (Å²) in [6.45, 7) is 3.42. The molecule has 91 valence electrons. The van der Waals surface area contributed by atoms with E-state index in [1.807, 2.05) is 0 Å². The molecular weight excluding hydrogens is 271 g/mol. The van der Waals surface area contributed by atoms with Gasteiger partial charge in [0.2, 0.25) is 0 Å². The quantitative estimate of drug-likeness (QED) is 0.481. The van der Waals surface area contributed by atoms with Crippen molar-refractivity contribution < 1.29 is 9.85 Å². The monoisotopic (exact) mass is 277 g/mol. The topological polar surface area (TPSA) is 86.3 Å². The molecule has 8 heteroatoms. The lowest BCUT2D eigenvalue weighted by Crippen LogP contribution is -2.05. The van der Waals surface area contributed by atoms with Crippen LogP contribution in [0.5, 0.6) is 0 Å². The maximum absolute atomic E-state index is 10.9. The molecule has 6 nitrogen and oxygen atoms in total. The Bertz CT molecular complexity index is 490. The fourth-order valence-corrected chi connectivity index (χ4v) is 2.02. The van der Waals surface area contributed by atoms with E-state index in [9.17, 15) is 20.2 Å². The number of benzene rings is 1. The lowest BCUT2D eigenvalue weighted by molar-refractivity contribution is -0.423. The molecule has 0 aromatic heterocycles. The Kier molecular flexibility index (Phi) is 4.25. The van der Waals surface area contributed by atoms with E-state index >= 15 is 0 Å². The van der Waals surface area contributed by atoms with Crippen LogP contribution in [0.2, 0.25) is 0 Å². The molecule has 0 aliphatic heterocycles. The molecule has 1 rings (SSSR count). The van der Waals surface area contributed by atoms with Gasteiger partial charge < -0.3 is 0 Å². The number of hydrogen-bond acceptors (Lipinski definition) is 4. The summed E-state index contributed by atoms with van der Waals surface area (Å²) in [6.07, 6.45) is 0. The van der Waals surface area contributed by atoms with Gasteiger partial charge in [0.1, 0.15) is 0 Å². The van der Waals surface area contributed by atoms with Gasteiger partial charge in [0.25, 0.3) is 0 Å². The first kappa shape index (κ1) is 13.7. The number of rotatable bonds is 4. The molecule has 0 spiro atoms. The largest absolute Gasteiger partial charge is 0.351 e. The fourth-order valence-electron chi connectivity index (χ4n) is 1.48. The lowest BCUT2D eigenvalue weighted by Gasteiger charge is -2.07. The summed E-state index contributed by atoms with van der Waals surface area (Å²) in [5, 5.41) is 21.7. The second-order valence-corrected chi connectivity index (χ2v) is 3.69. The highest BCUT2D eigenvalue weighted by Gasteiger charge is 2.32. The molecule has 1 radical (unpaired) electrons. The van der Waals surface area contributed by atoms with E-state index in [0.717, 1.165) is 0 Å². The fraction of sp³-hybridized carbons (Fsp3) is 0.222. The Morgan fingerprint density at radius 2 is 1.65 bits per heavy atom. The summed E-state index contributed by atoms with van der Waals surface area (Å²) in [5.74, 6) is -0.247. The van der Waals surface area contributed by atoms with Gasteiger partial charge in [0, 0.05) is 11.4 Å². The van der Waals surface area contributed by atoms with E-state index in [1.54, 1.807) is 0 Å². The van der Waals surface area contributed by atoms with Gasteiger partial charge in [-0.2, -0.15) is 0 Å². The molecular formula is C9H7Cl2N2O4. The number of nitro benzene ring substituents is 2. The SMILES string of the molecule is [CH2]c1cc(CCl)c(CCl)c([N+](=O)[O-])c1[N+](=O)[O-]. The second kappa shape index (κ2) is 5.29. The molecule has 0 bridgehead atoms. The summed E-state index contributed by atoms with van der Waals surface area (Å²) in [4.78, 5) is 20.0. The lowest BCUT2D eigenvalue weighted by atomic mass is 10.0.